The fraction of sp³-hybridized carbons (Fsp3) is 0.562. The van der Waals surface area contributed by atoms with Gasteiger partial charge < -0.3 is 20.1 Å². The summed E-state index contributed by atoms with van der Waals surface area (Å²) in [5.41, 5.74) is 7.00. The standard InChI is InChI=1S/C16H24N2O3/c1-3-21-15-7-6-13(9-14(15)17)16(19)18(2)10-12-5-4-8-20-11-12/h6-7,9,12H,3-5,8,10-11,17H2,1-2H3. The summed E-state index contributed by atoms with van der Waals surface area (Å²) in [6.07, 6.45) is 2.19. The van der Waals surface area contributed by atoms with Crippen LogP contribution in [0.25, 0.3) is 0 Å². The number of nitrogen functional groups attached to an aromatic ring is 1. The number of rotatable bonds is 5. The van der Waals surface area contributed by atoms with Gasteiger partial charge in [-0.1, -0.05) is 0 Å². The number of nitrogens with two attached hydrogens (primary N) is 1. The van der Waals surface area contributed by atoms with Crippen LogP contribution in [0.4, 0.5) is 5.69 Å². The smallest absolute Gasteiger partial charge is 0.253 e. The van der Waals surface area contributed by atoms with Gasteiger partial charge in [-0.3, -0.25) is 4.79 Å². The van der Waals surface area contributed by atoms with Gasteiger partial charge in [-0.2, -0.15) is 0 Å². The van der Waals surface area contributed by atoms with Crippen LogP contribution in [0.5, 0.6) is 5.75 Å². The van der Waals surface area contributed by atoms with Gasteiger partial charge in [-0.25, -0.2) is 0 Å². The Bertz CT molecular complexity index is 484. The Kier molecular flexibility index (Phi) is 5.44. The van der Waals surface area contributed by atoms with Gasteiger partial charge in [0.2, 0.25) is 0 Å². The number of nitrogens with zero attached hydrogens (tertiary/aromatic N) is 1. The summed E-state index contributed by atoms with van der Waals surface area (Å²) < 4.78 is 10.8. The first-order chi connectivity index (χ1) is 10.1. The van der Waals surface area contributed by atoms with Crippen LogP contribution in [0, 0.1) is 5.92 Å². The number of amides is 1. The van der Waals surface area contributed by atoms with Gasteiger partial charge in [0, 0.05) is 25.8 Å². The molecule has 0 bridgehead atoms. The van der Waals surface area contributed by atoms with Crippen molar-refractivity contribution < 1.29 is 14.3 Å². The molecule has 1 aromatic carbocycles. The Balaban J connectivity index is 1.99. The molecule has 2 N–H and O–H groups in total. The average Bonchev–Trinajstić information content (AvgIpc) is 2.49. The average molecular weight is 292 g/mol. The topological polar surface area (TPSA) is 64.8 Å². The van der Waals surface area contributed by atoms with Gasteiger partial charge in [0.15, 0.2) is 0 Å². The SMILES string of the molecule is CCOc1ccc(C(=O)N(C)CC2CCCOC2)cc1N. The molecule has 1 fully saturated rings. The normalized spacial score (nSPS) is 18.3. The second kappa shape index (κ2) is 7.31. The van der Waals surface area contributed by atoms with E-state index in [1.54, 1.807) is 23.1 Å². The first-order valence-electron chi connectivity index (χ1n) is 7.47. The third kappa shape index (κ3) is 4.11. The van der Waals surface area contributed by atoms with Gasteiger partial charge in [-0.15, -0.1) is 0 Å². The van der Waals surface area contributed by atoms with Gasteiger partial charge in [-0.05, 0) is 43.9 Å². The molecule has 1 aliphatic heterocycles. The number of carbonyl (C=O) groups excluding carboxylic acids is 1. The molecule has 0 saturated carbocycles. The first-order valence-corrected chi connectivity index (χ1v) is 7.47. The van der Waals surface area contributed by atoms with E-state index in [4.69, 9.17) is 15.2 Å². The minimum atomic E-state index is -0.0182. The maximum Gasteiger partial charge on any atom is 0.253 e. The van der Waals surface area contributed by atoms with E-state index >= 15 is 0 Å². The van der Waals surface area contributed by atoms with Gasteiger partial charge >= 0.3 is 0 Å². The van der Waals surface area contributed by atoms with E-state index in [2.05, 4.69) is 0 Å². The van der Waals surface area contributed by atoms with E-state index in [1.807, 2.05) is 14.0 Å². The van der Waals surface area contributed by atoms with Crippen LogP contribution in [0.2, 0.25) is 0 Å². The van der Waals surface area contributed by atoms with Crippen LogP contribution in [0.1, 0.15) is 30.1 Å². The third-order valence-electron chi connectivity index (χ3n) is 3.69. The Morgan fingerprint density at radius 1 is 1.52 bits per heavy atom. The number of hydrogen-bond donors (Lipinski definition) is 1. The molecule has 2 rings (SSSR count). The lowest BCUT2D eigenvalue weighted by Crippen LogP contribution is -2.35. The van der Waals surface area contributed by atoms with Crippen molar-refractivity contribution in [3.63, 3.8) is 0 Å². The van der Waals surface area contributed by atoms with Crippen molar-refractivity contribution >= 4 is 11.6 Å². The number of hydrogen-bond acceptors (Lipinski definition) is 4. The molecule has 1 heterocycles. The molecule has 1 aliphatic rings. The summed E-state index contributed by atoms with van der Waals surface area (Å²) in [6.45, 7) is 4.75. The molecular weight excluding hydrogens is 268 g/mol. The van der Waals surface area contributed by atoms with Crippen LogP contribution in [-0.4, -0.2) is 44.2 Å². The molecule has 0 aromatic heterocycles. The monoisotopic (exact) mass is 292 g/mol. The second-order valence-corrected chi connectivity index (χ2v) is 5.45. The zero-order valence-corrected chi connectivity index (χ0v) is 12.8. The largest absolute Gasteiger partial charge is 0.492 e. The van der Waals surface area contributed by atoms with Crippen molar-refractivity contribution in [1.82, 2.24) is 4.90 Å². The summed E-state index contributed by atoms with van der Waals surface area (Å²) in [5, 5.41) is 0. The van der Waals surface area contributed by atoms with Crippen LogP contribution in [0.15, 0.2) is 18.2 Å². The maximum absolute atomic E-state index is 12.4. The number of anilines is 1. The van der Waals surface area contributed by atoms with Crippen molar-refractivity contribution in [3.8, 4) is 5.75 Å². The highest BCUT2D eigenvalue weighted by molar-refractivity contribution is 5.95. The summed E-state index contributed by atoms with van der Waals surface area (Å²) in [5.74, 6) is 1.03. The quantitative estimate of drug-likeness (QED) is 0.845. The van der Waals surface area contributed by atoms with Gasteiger partial charge in [0.05, 0.1) is 18.9 Å². The second-order valence-electron chi connectivity index (χ2n) is 5.45. The molecule has 1 atom stereocenters. The molecule has 5 heteroatoms. The number of benzene rings is 1. The van der Waals surface area contributed by atoms with Crippen molar-refractivity contribution in [3.05, 3.63) is 23.8 Å². The third-order valence-corrected chi connectivity index (χ3v) is 3.69. The lowest BCUT2D eigenvalue weighted by molar-refractivity contribution is 0.0388. The van der Waals surface area contributed by atoms with E-state index in [9.17, 15) is 4.79 Å². The molecule has 1 amide bonds. The zero-order chi connectivity index (χ0) is 15.2. The highest BCUT2D eigenvalue weighted by Gasteiger charge is 2.20. The van der Waals surface area contributed by atoms with Crippen LogP contribution in [0.3, 0.4) is 0 Å². The molecule has 21 heavy (non-hydrogen) atoms. The maximum atomic E-state index is 12.4. The van der Waals surface area contributed by atoms with Crippen LogP contribution < -0.4 is 10.5 Å². The summed E-state index contributed by atoms with van der Waals surface area (Å²) in [4.78, 5) is 14.2. The highest BCUT2D eigenvalue weighted by atomic mass is 16.5. The number of ether oxygens (including phenoxy) is 2. The minimum Gasteiger partial charge on any atom is -0.492 e. The molecule has 5 nitrogen and oxygen atoms in total. The summed E-state index contributed by atoms with van der Waals surface area (Å²) in [7, 11) is 1.82. The Hall–Kier alpha value is -1.75. The highest BCUT2D eigenvalue weighted by Crippen LogP contribution is 2.23. The molecule has 1 saturated heterocycles. The van der Waals surface area contributed by atoms with E-state index in [1.165, 1.54) is 0 Å². The molecule has 116 valence electrons. The minimum absolute atomic E-state index is 0.0182. The molecular formula is C16H24N2O3. The van der Waals surface area contributed by atoms with E-state index in [-0.39, 0.29) is 5.91 Å². The van der Waals surface area contributed by atoms with E-state index < -0.39 is 0 Å². The lowest BCUT2D eigenvalue weighted by atomic mass is 10.0. The molecule has 0 spiro atoms. The van der Waals surface area contributed by atoms with Crippen molar-refractivity contribution in [1.29, 1.82) is 0 Å². The van der Waals surface area contributed by atoms with Crippen LogP contribution >= 0.6 is 0 Å². The Morgan fingerprint density at radius 3 is 2.95 bits per heavy atom. The van der Waals surface area contributed by atoms with E-state index in [0.717, 1.165) is 26.1 Å². The van der Waals surface area contributed by atoms with Crippen molar-refractivity contribution in [2.24, 2.45) is 5.92 Å². The fourth-order valence-corrected chi connectivity index (χ4v) is 2.61. The van der Waals surface area contributed by atoms with Gasteiger partial charge in [0.1, 0.15) is 5.75 Å². The Morgan fingerprint density at radius 2 is 2.33 bits per heavy atom. The van der Waals surface area contributed by atoms with Crippen molar-refractivity contribution in [2.75, 3.05) is 39.1 Å². The first kappa shape index (κ1) is 15.6. The van der Waals surface area contributed by atoms with Crippen molar-refractivity contribution in [2.45, 2.75) is 19.8 Å². The van der Waals surface area contributed by atoms with Crippen LogP contribution in [-0.2, 0) is 4.74 Å². The molecule has 0 aliphatic carbocycles. The summed E-state index contributed by atoms with van der Waals surface area (Å²) in [6, 6.07) is 5.20. The lowest BCUT2D eigenvalue weighted by Gasteiger charge is -2.27. The van der Waals surface area contributed by atoms with Gasteiger partial charge in [0.25, 0.3) is 5.91 Å². The van der Waals surface area contributed by atoms with E-state index in [0.29, 0.717) is 36.1 Å². The molecule has 1 aromatic rings. The summed E-state index contributed by atoms with van der Waals surface area (Å²) >= 11 is 0. The predicted molar refractivity (Wildman–Crippen MR) is 82.5 cm³/mol. The molecule has 1 unspecified atom stereocenters. The zero-order valence-electron chi connectivity index (χ0n) is 12.8. The predicted octanol–water partition coefficient (Wildman–Crippen LogP) is 2.17. The number of carbonyl (C=O) groups is 1. The fourth-order valence-electron chi connectivity index (χ4n) is 2.61. The molecule has 0 radical (unpaired) electrons. The Labute approximate surface area is 126 Å².